The van der Waals surface area contributed by atoms with Crippen molar-refractivity contribution in [3.63, 3.8) is 0 Å². The van der Waals surface area contributed by atoms with Crippen LogP contribution >= 0.6 is 24.0 Å². The Balaban J connectivity index is 0.00000288. The van der Waals surface area contributed by atoms with Gasteiger partial charge in [0.05, 0.1) is 6.54 Å². The molecular formula is C17H34IN5O. The molecule has 2 N–H and O–H groups in total. The summed E-state index contributed by atoms with van der Waals surface area (Å²) >= 11 is 0. The van der Waals surface area contributed by atoms with E-state index in [2.05, 4.69) is 33.5 Å². The van der Waals surface area contributed by atoms with Crippen LogP contribution in [0.3, 0.4) is 0 Å². The van der Waals surface area contributed by atoms with Crippen molar-refractivity contribution in [1.29, 1.82) is 0 Å². The van der Waals surface area contributed by atoms with Crippen LogP contribution in [0.15, 0.2) is 4.99 Å². The number of carbonyl (C=O) groups is 1. The molecule has 0 bridgehead atoms. The van der Waals surface area contributed by atoms with Crippen molar-refractivity contribution in [1.82, 2.24) is 14.7 Å². The third-order valence-electron chi connectivity index (χ3n) is 5.17. The van der Waals surface area contributed by atoms with Crippen molar-refractivity contribution < 1.29 is 4.79 Å². The minimum absolute atomic E-state index is 0. The first-order valence-electron chi connectivity index (χ1n) is 9.21. The van der Waals surface area contributed by atoms with Gasteiger partial charge < -0.3 is 15.5 Å². The standard InChI is InChI=1S/C17H33N5O.HI/c1-3-21(4-2)17(18)19-9-10-20-11-13-22(14-12-20)16(23)15-7-5-6-8-15;/h15H,3-14H2,1-2H3,(H2,18,19);1H. The van der Waals surface area contributed by atoms with Crippen LogP contribution in [0.25, 0.3) is 0 Å². The second-order valence-electron chi connectivity index (χ2n) is 6.56. The average molecular weight is 451 g/mol. The zero-order valence-corrected chi connectivity index (χ0v) is 17.6. The van der Waals surface area contributed by atoms with Crippen molar-refractivity contribution in [3.8, 4) is 0 Å². The number of aliphatic imine (C=N–C) groups is 1. The molecule has 0 aromatic heterocycles. The van der Waals surface area contributed by atoms with E-state index in [9.17, 15) is 4.79 Å². The van der Waals surface area contributed by atoms with Crippen LogP contribution in [0.2, 0.25) is 0 Å². The Morgan fingerprint density at radius 1 is 1.12 bits per heavy atom. The molecule has 24 heavy (non-hydrogen) atoms. The molecule has 2 aliphatic rings. The number of carbonyl (C=O) groups excluding carboxylic acids is 1. The van der Waals surface area contributed by atoms with Gasteiger partial charge in [0.1, 0.15) is 0 Å². The van der Waals surface area contributed by atoms with E-state index in [-0.39, 0.29) is 24.0 Å². The lowest BCUT2D eigenvalue weighted by atomic mass is 10.1. The number of guanidine groups is 1. The fraction of sp³-hybridized carbons (Fsp3) is 0.882. The molecule has 1 aliphatic carbocycles. The lowest BCUT2D eigenvalue weighted by Gasteiger charge is -2.35. The van der Waals surface area contributed by atoms with Crippen molar-refractivity contribution in [2.24, 2.45) is 16.6 Å². The van der Waals surface area contributed by atoms with Crippen LogP contribution in [0.5, 0.6) is 0 Å². The molecule has 0 unspecified atom stereocenters. The number of rotatable bonds is 6. The van der Waals surface area contributed by atoms with Gasteiger partial charge in [-0.05, 0) is 26.7 Å². The summed E-state index contributed by atoms with van der Waals surface area (Å²) in [5, 5.41) is 0. The summed E-state index contributed by atoms with van der Waals surface area (Å²) < 4.78 is 0. The maximum atomic E-state index is 12.4. The van der Waals surface area contributed by atoms with Crippen LogP contribution in [0.1, 0.15) is 39.5 Å². The predicted octanol–water partition coefficient (Wildman–Crippen LogP) is 1.60. The summed E-state index contributed by atoms with van der Waals surface area (Å²) in [6.45, 7) is 11.3. The van der Waals surface area contributed by atoms with Crippen LogP contribution in [-0.4, -0.2) is 78.9 Å². The maximum absolute atomic E-state index is 12.4. The van der Waals surface area contributed by atoms with E-state index < -0.39 is 0 Å². The number of hydrogen-bond acceptors (Lipinski definition) is 3. The van der Waals surface area contributed by atoms with E-state index in [0.29, 0.717) is 17.8 Å². The first kappa shape index (κ1) is 21.5. The second kappa shape index (κ2) is 11.1. The van der Waals surface area contributed by atoms with Crippen LogP contribution < -0.4 is 5.73 Å². The van der Waals surface area contributed by atoms with Gasteiger partial charge in [0.25, 0.3) is 0 Å². The number of piperazine rings is 1. The molecule has 0 spiro atoms. The highest BCUT2D eigenvalue weighted by Gasteiger charge is 2.29. The average Bonchev–Trinajstić information content (AvgIpc) is 3.10. The quantitative estimate of drug-likeness (QED) is 0.379. The minimum atomic E-state index is 0. The summed E-state index contributed by atoms with van der Waals surface area (Å²) in [5.74, 6) is 1.34. The molecule has 7 heteroatoms. The van der Waals surface area contributed by atoms with Gasteiger partial charge in [-0.2, -0.15) is 0 Å². The Hall–Kier alpha value is -0.570. The zero-order chi connectivity index (χ0) is 16.7. The molecule has 0 aromatic carbocycles. The maximum Gasteiger partial charge on any atom is 0.225 e. The zero-order valence-electron chi connectivity index (χ0n) is 15.2. The Kier molecular flexibility index (Phi) is 9.95. The molecule has 6 nitrogen and oxygen atoms in total. The van der Waals surface area contributed by atoms with Gasteiger partial charge in [0.2, 0.25) is 5.91 Å². The first-order chi connectivity index (χ1) is 11.2. The smallest absolute Gasteiger partial charge is 0.225 e. The monoisotopic (exact) mass is 451 g/mol. The van der Waals surface area contributed by atoms with Crippen molar-refractivity contribution >= 4 is 35.8 Å². The van der Waals surface area contributed by atoms with Crippen molar-refractivity contribution in [2.45, 2.75) is 39.5 Å². The molecule has 0 radical (unpaired) electrons. The molecule has 2 fully saturated rings. The van der Waals surface area contributed by atoms with E-state index in [1.54, 1.807) is 0 Å². The van der Waals surface area contributed by atoms with Crippen LogP contribution in [-0.2, 0) is 4.79 Å². The summed E-state index contributed by atoms with van der Waals surface area (Å²) in [4.78, 5) is 23.4. The number of nitrogens with zero attached hydrogens (tertiary/aromatic N) is 4. The summed E-state index contributed by atoms with van der Waals surface area (Å²) in [6, 6.07) is 0. The molecule has 1 amide bonds. The van der Waals surface area contributed by atoms with Crippen molar-refractivity contribution in [2.75, 3.05) is 52.4 Å². The fourth-order valence-electron chi connectivity index (χ4n) is 3.58. The second-order valence-corrected chi connectivity index (χ2v) is 6.56. The molecule has 0 aromatic rings. The Labute approximate surface area is 163 Å². The lowest BCUT2D eigenvalue weighted by molar-refractivity contribution is -0.137. The van der Waals surface area contributed by atoms with Gasteiger partial charge in [-0.1, -0.05) is 12.8 Å². The van der Waals surface area contributed by atoms with Gasteiger partial charge in [-0.15, -0.1) is 24.0 Å². The molecule has 1 aliphatic heterocycles. The van der Waals surface area contributed by atoms with Gasteiger partial charge >= 0.3 is 0 Å². The molecule has 1 heterocycles. The van der Waals surface area contributed by atoms with E-state index in [4.69, 9.17) is 5.73 Å². The Morgan fingerprint density at radius 2 is 1.71 bits per heavy atom. The minimum Gasteiger partial charge on any atom is -0.370 e. The Morgan fingerprint density at radius 3 is 2.25 bits per heavy atom. The van der Waals surface area contributed by atoms with E-state index in [1.165, 1.54) is 12.8 Å². The van der Waals surface area contributed by atoms with E-state index in [1.807, 2.05) is 0 Å². The molecular weight excluding hydrogens is 417 g/mol. The van der Waals surface area contributed by atoms with E-state index >= 15 is 0 Å². The van der Waals surface area contributed by atoms with Gasteiger partial charge in [0.15, 0.2) is 5.96 Å². The number of nitrogens with two attached hydrogens (primary N) is 1. The number of amides is 1. The molecule has 1 saturated carbocycles. The number of halogens is 1. The molecule has 0 atom stereocenters. The van der Waals surface area contributed by atoms with Crippen molar-refractivity contribution in [3.05, 3.63) is 0 Å². The molecule has 140 valence electrons. The highest BCUT2D eigenvalue weighted by Crippen LogP contribution is 2.26. The summed E-state index contributed by atoms with van der Waals surface area (Å²) in [5.41, 5.74) is 5.99. The third-order valence-corrected chi connectivity index (χ3v) is 5.17. The normalized spacial score (nSPS) is 20.1. The van der Waals surface area contributed by atoms with Crippen LogP contribution in [0.4, 0.5) is 0 Å². The third kappa shape index (κ3) is 6.06. The predicted molar refractivity (Wildman–Crippen MR) is 110 cm³/mol. The Bertz CT molecular complexity index is 400. The summed E-state index contributed by atoms with van der Waals surface area (Å²) in [6.07, 6.45) is 4.64. The van der Waals surface area contributed by atoms with Crippen LogP contribution in [0, 0.1) is 5.92 Å². The lowest BCUT2D eigenvalue weighted by Crippen LogP contribution is -2.50. The van der Waals surface area contributed by atoms with Gasteiger partial charge in [0, 0.05) is 51.7 Å². The molecule has 1 saturated heterocycles. The van der Waals surface area contributed by atoms with Gasteiger partial charge in [-0.25, -0.2) is 0 Å². The highest BCUT2D eigenvalue weighted by molar-refractivity contribution is 14.0. The largest absolute Gasteiger partial charge is 0.370 e. The summed E-state index contributed by atoms with van der Waals surface area (Å²) in [7, 11) is 0. The number of hydrogen-bond donors (Lipinski definition) is 1. The SMILES string of the molecule is CCN(CC)C(N)=NCCN1CCN(C(=O)C2CCCC2)CC1.I. The fourth-order valence-corrected chi connectivity index (χ4v) is 3.58. The van der Waals surface area contributed by atoms with E-state index in [0.717, 1.165) is 65.2 Å². The molecule has 2 rings (SSSR count). The topological polar surface area (TPSA) is 65.2 Å². The van der Waals surface area contributed by atoms with Gasteiger partial charge in [-0.3, -0.25) is 14.7 Å². The first-order valence-corrected chi connectivity index (χ1v) is 9.21. The highest BCUT2D eigenvalue weighted by atomic mass is 127.